The van der Waals surface area contributed by atoms with Crippen LogP contribution in [0.3, 0.4) is 0 Å². The van der Waals surface area contributed by atoms with E-state index in [-0.39, 0.29) is 11.9 Å². The number of nitrogens with one attached hydrogen (secondary N) is 1. The number of hydrogen-bond donors (Lipinski definition) is 2. The maximum Gasteiger partial charge on any atom is 0.251 e. The van der Waals surface area contributed by atoms with Crippen molar-refractivity contribution in [1.29, 1.82) is 0 Å². The number of rotatable bonds is 5. The monoisotopic (exact) mass is 302 g/mol. The molecular weight excluding hydrogens is 284 g/mol. The van der Waals surface area contributed by atoms with E-state index >= 15 is 0 Å². The molecule has 1 unspecified atom stereocenters. The second kappa shape index (κ2) is 7.14. The van der Waals surface area contributed by atoms with Crippen molar-refractivity contribution in [2.75, 3.05) is 5.73 Å². The van der Waals surface area contributed by atoms with Gasteiger partial charge in [-0.05, 0) is 43.5 Å². The van der Waals surface area contributed by atoms with E-state index in [4.69, 9.17) is 17.3 Å². The summed E-state index contributed by atoms with van der Waals surface area (Å²) in [6, 6.07) is 15.2. The van der Waals surface area contributed by atoms with E-state index in [2.05, 4.69) is 17.4 Å². The normalized spacial score (nSPS) is 11.9. The summed E-state index contributed by atoms with van der Waals surface area (Å²) >= 11 is 5.85. The summed E-state index contributed by atoms with van der Waals surface area (Å²) in [6.45, 7) is 2.00. The molecular formula is C17H19ClN2O. The highest BCUT2D eigenvalue weighted by molar-refractivity contribution is 6.33. The van der Waals surface area contributed by atoms with E-state index in [9.17, 15) is 4.79 Å². The highest BCUT2D eigenvalue weighted by atomic mass is 35.5. The minimum absolute atomic E-state index is 0.0922. The summed E-state index contributed by atoms with van der Waals surface area (Å²) in [4.78, 5) is 12.1. The molecule has 2 aromatic rings. The average molecular weight is 303 g/mol. The van der Waals surface area contributed by atoms with Gasteiger partial charge in [0.25, 0.3) is 5.91 Å². The van der Waals surface area contributed by atoms with Gasteiger partial charge in [-0.15, -0.1) is 0 Å². The number of amides is 1. The Morgan fingerprint density at radius 2 is 1.95 bits per heavy atom. The molecule has 0 aliphatic carbocycles. The SMILES string of the molecule is CC(CCc1ccccc1)NC(=O)c1ccc(Cl)c(N)c1. The highest BCUT2D eigenvalue weighted by Gasteiger charge is 2.11. The lowest BCUT2D eigenvalue weighted by Crippen LogP contribution is -2.32. The number of hydrogen-bond acceptors (Lipinski definition) is 2. The standard InChI is InChI=1S/C17H19ClN2O/c1-12(7-8-13-5-3-2-4-6-13)20-17(21)14-9-10-15(18)16(19)11-14/h2-6,9-12H,7-8,19H2,1H3,(H,20,21). The zero-order chi connectivity index (χ0) is 15.2. The maximum absolute atomic E-state index is 12.1. The third-order valence-electron chi connectivity index (χ3n) is 3.34. The first-order valence-corrected chi connectivity index (χ1v) is 7.34. The second-order valence-corrected chi connectivity index (χ2v) is 5.54. The quantitative estimate of drug-likeness (QED) is 0.828. The largest absolute Gasteiger partial charge is 0.398 e. The Balaban J connectivity index is 1.88. The van der Waals surface area contributed by atoms with Crippen LogP contribution in [0.15, 0.2) is 48.5 Å². The van der Waals surface area contributed by atoms with Gasteiger partial charge >= 0.3 is 0 Å². The number of halogens is 1. The van der Waals surface area contributed by atoms with Crippen LogP contribution >= 0.6 is 11.6 Å². The van der Waals surface area contributed by atoms with Gasteiger partial charge in [0, 0.05) is 11.6 Å². The fourth-order valence-corrected chi connectivity index (χ4v) is 2.21. The van der Waals surface area contributed by atoms with Crippen LogP contribution in [-0.2, 0) is 6.42 Å². The molecule has 0 heterocycles. The molecule has 3 N–H and O–H groups in total. The number of carbonyl (C=O) groups is 1. The molecule has 21 heavy (non-hydrogen) atoms. The molecule has 2 aromatic carbocycles. The summed E-state index contributed by atoms with van der Waals surface area (Å²) in [5.74, 6) is -0.126. The zero-order valence-electron chi connectivity index (χ0n) is 12.0. The van der Waals surface area contributed by atoms with Gasteiger partial charge in [-0.25, -0.2) is 0 Å². The van der Waals surface area contributed by atoms with Crippen LogP contribution in [0, 0.1) is 0 Å². The van der Waals surface area contributed by atoms with Crippen LogP contribution in [0.2, 0.25) is 5.02 Å². The fourth-order valence-electron chi connectivity index (χ4n) is 2.09. The summed E-state index contributed by atoms with van der Waals surface area (Å²) in [6.07, 6.45) is 1.82. The molecule has 0 aliphatic rings. The molecule has 0 saturated carbocycles. The van der Waals surface area contributed by atoms with Crippen LogP contribution in [-0.4, -0.2) is 11.9 Å². The number of aryl methyl sites for hydroxylation is 1. The molecule has 0 saturated heterocycles. The van der Waals surface area contributed by atoms with E-state index in [0.29, 0.717) is 16.3 Å². The molecule has 4 heteroatoms. The predicted octanol–water partition coefficient (Wildman–Crippen LogP) is 3.67. The first-order valence-electron chi connectivity index (χ1n) is 6.96. The molecule has 0 aromatic heterocycles. The van der Waals surface area contributed by atoms with Gasteiger partial charge in [0.05, 0.1) is 10.7 Å². The molecule has 0 spiro atoms. The first-order chi connectivity index (χ1) is 10.1. The van der Waals surface area contributed by atoms with Crippen molar-refractivity contribution >= 4 is 23.2 Å². The predicted molar refractivity (Wildman–Crippen MR) is 87.6 cm³/mol. The second-order valence-electron chi connectivity index (χ2n) is 5.14. The lowest BCUT2D eigenvalue weighted by molar-refractivity contribution is 0.0938. The first kappa shape index (κ1) is 15.4. The third kappa shape index (κ3) is 4.50. The topological polar surface area (TPSA) is 55.1 Å². The molecule has 0 fully saturated rings. The minimum atomic E-state index is -0.126. The maximum atomic E-state index is 12.1. The lowest BCUT2D eigenvalue weighted by Gasteiger charge is -2.14. The Morgan fingerprint density at radius 3 is 2.62 bits per heavy atom. The summed E-state index contributed by atoms with van der Waals surface area (Å²) in [5, 5.41) is 3.44. The summed E-state index contributed by atoms with van der Waals surface area (Å²) in [5.41, 5.74) is 7.93. The summed E-state index contributed by atoms with van der Waals surface area (Å²) < 4.78 is 0. The van der Waals surface area contributed by atoms with Crippen LogP contribution < -0.4 is 11.1 Å². The van der Waals surface area contributed by atoms with Crippen molar-refractivity contribution in [1.82, 2.24) is 5.32 Å². The molecule has 0 bridgehead atoms. The Labute approximate surface area is 130 Å². The van der Waals surface area contributed by atoms with E-state index in [0.717, 1.165) is 12.8 Å². The lowest BCUT2D eigenvalue weighted by atomic mass is 10.1. The highest BCUT2D eigenvalue weighted by Crippen LogP contribution is 2.19. The Bertz CT molecular complexity index is 613. The van der Waals surface area contributed by atoms with Crippen molar-refractivity contribution < 1.29 is 4.79 Å². The van der Waals surface area contributed by atoms with Gasteiger partial charge in [0.2, 0.25) is 0 Å². The van der Waals surface area contributed by atoms with Crippen molar-refractivity contribution in [3.63, 3.8) is 0 Å². The van der Waals surface area contributed by atoms with Crippen LogP contribution in [0.1, 0.15) is 29.3 Å². The minimum Gasteiger partial charge on any atom is -0.398 e. The van der Waals surface area contributed by atoms with Gasteiger partial charge in [0.15, 0.2) is 0 Å². The van der Waals surface area contributed by atoms with Gasteiger partial charge in [-0.3, -0.25) is 4.79 Å². The number of nitrogen functional groups attached to an aromatic ring is 1. The van der Waals surface area contributed by atoms with Crippen LogP contribution in [0.25, 0.3) is 0 Å². The van der Waals surface area contributed by atoms with Crippen molar-refractivity contribution in [2.24, 2.45) is 0 Å². The Morgan fingerprint density at radius 1 is 1.24 bits per heavy atom. The number of nitrogens with two attached hydrogens (primary N) is 1. The summed E-state index contributed by atoms with van der Waals surface area (Å²) in [7, 11) is 0. The van der Waals surface area contributed by atoms with Crippen molar-refractivity contribution in [2.45, 2.75) is 25.8 Å². The van der Waals surface area contributed by atoms with Gasteiger partial charge in [0.1, 0.15) is 0 Å². The molecule has 2 rings (SSSR count). The number of carbonyl (C=O) groups excluding carboxylic acids is 1. The molecule has 0 radical (unpaired) electrons. The van der Waals surface area contributed by atoms with E-state index < -0.39 is 0 Å². The van der Waals surface area contributed by atoms with Gasteiger partial charge < -0.3 is 11.1 Å². The molecule has 0 aliphatic heterocycles. The Hall–Kier alpha value is -2.00. The van der Waals surface area contributed by atoms with Crippen molar-refractivity contribution in [3.05, 3.63) is 64.7 Å². The van der Waals surface area contributed by atoms with Crippen LogP contribution in [0.5, 0.6) is 0 Å². The zero-order valence-corrected chi connectivity index (χ0v) is 12.7. The number of benzene rings is 2. The molecule has 1 amide bonds. The number of anilines is 1. The van der Waals surface area contributed by atoms with E-state index in [1.54, 1.807) is 18.2 Å². The Kier molecular flexibility index (Phi) is 5.23. The fraction of sp³-hybridized carbons (Fsp3) is 0.235. The average Bonchev–Trinajstić information content (AvgIpc) is 2.49. The molecule has 110 valence electrons. The third-order valence-corrected chi connectivity index (χ3v) is 3.69. The van der Waals surface area contributed by atoms with Crippen LogP contribution in [0.4, 0.5) is 5.69 Å². The smallest absolute Gasteiger partial charge is 0.251 e. The molecule has 3 nitrogen and oxygen atoms in total. The van der Waals surface area contributed by atoms with E-state index in [1.165, 1.54) is 5.56 Å². The van der Waals surface area contributed by atoms with Gasteiger partial charge in [-0.2, -0.15) is 0 Å². The van der Waals surface area contributed by atoms with Gasteiger partial charge in [-0.1, -0.05) is 41.9 Å². The van der Waals surface area contributed by atoms with Crippen molar-refractivity contribution in [3.8, 4) is 0 Å². The van der Waals surface area contributed by atoms with E-state index in [1.807, 2.05) is 25.1 Å². The molecule has 1 atom stereocenters.